The van der Waals surface area contributed by atoms with Crippen LogP contribution in [0.2, 0.25) is 0 Å². The average Bonchev–Trinajstić information content (AvgIpc) is 2.33. The van der Waals surface area contributed by atoms with Crippen LogP contribution in [0.3, 0.4) is 0 Å². The molecule has 0 radical (unpaired) electrons. The van der Waals surface area contributed by atoms with Crippen molar-refractivity contribution in [2.75, 3.05) is 13.1 Å². The van der Waals surface area contributed by atoms with Gasteiger partial charge in [0.25, 0.3) is 6.17 Å². The van der Waals surface area contributed by atoms with Gasteiger partial charge < -0.3 is 0 Å². The van der Waals surface area contributed by atoms with Gasteiger partial charge in [-0.2, -0.15) is 0 Å². The van der Waals surface area contributed by atoms with E-state index in [0.717, 1.165) is 19.5 Å². The van der Waals surface area contributed by atoms with E-state index in [0.29, 0.717) is 0 Å². The van der Waals surface area contributed by atoms with Crippen LogP contribution in [0, 0.1) is 6.57 Å². The van der Waals surface area contributed by atoms with Crippen molar-refractivity contribution in [2.45, 2.75) is 25.9 Å². The maximum absolute atomic E-state index is 6.82. The lowest BCUT2D eigenvalue weighted by Gasteiger charge is -2.10. The summed E-state index contributed by atoms with van der Waals surface area (Å²) in [6.07, 6.45) is 2.49. The highest BCUT2D eigenvalue weighted by Crippen LogP contribution is 2.16. The molecule has 1 saturated heterocycles. The first-order valence-corrected chi connectivity index (χ1v) is 3.49. The highest BCUT2D eigenvalue weighted by atomic mass is 15.2. The van der Waals surface area contributed by atoms with Crippen LogP contribution in [0.5, 0.6) is 0 Å². The van der Waals surface area contributed by atoms with E-state index in [4.69, 9.17) is 6.57 Å². The van der Waals surface area contributed by atoms with Crippen molar-refractivity contribution >= 4 is 0 Å². The summed E-state index contributed by atoms with van der Waals surface area (Å²) in [7, 11) is 0. The van der Waals surface area contributed by atoms with E-state index in [2.05, 4.69) is 16.7 Å². The molecule has 1 rings (SSSR count). The van der Waals surface area contributed by atoms with Gasteiger partial charge in [-0.05, 0) is 6.42 Å². The topological polar surface area (TPSA) is 7.60 Å². The van der Waals surface area contributed by atoms with E-state index < -0.39 is 0 Å². The third kappa shape index (κ3) is 1.22. The van der Waals surface area contributed by atoms with Crippen molar-refractivity contribution in [1.82, 2.24) is 4.90 Å². The van der Waals surface area contributed by atoms with Gasteiger partial charge in [0.1, 0.15) is 0 Å². The second kappa shape index (κ2) is 2.84. The molecule has 2 nitrogen and oxygen atoms in total. The smallest absolute Gasteiger partial charge is 0.279 e. The number of rotatable bonds is 1. The van der Waals surface area contributed by atoms with E-state index in [9.17, 15) is 0 Å². The first-order chi connectivity index (χ1) is 4.38. The van der Waals surface area contributed by atoms with Crippen LogP contribution in [0.15, 0.2) is 0 Å². The second-order valence-corrected chi connectivity index (χ2v) is 2.38. The fraction of sp³-hybridized carbons (Fsp3) is 0.857. The van der Waals surface area contributed by atoms with Crippen LogP contribution in [0.1, 0.15) is 19.8 Å². The second-order valence-electron chi connectivity index (χ2n) is 2.38. The molecule has 50 valence electrons. The Morgan fingerprint density at radius 3 is 3.00 bits per heavy atom. The third-order valence-electron chi connectivity index (χ3n) is 1.88. The Labute approximate surface area is 56.3 Å². The zero-order valence-electron chi connectivity index (χ0n) is 5.80. The Kier molecular flexibility index (Phi) is 2.07. The first kappa shape index (κ1) is 6.57. The van der Waals surface area contributed by atoms with Crippen molar-refractivity contribution in [3.63, 3.8) is 0 Å². The Hall–Kier alpha value is -0.550. The van der Waals surface area contributed by atoms with Crippen LogP contribution in [0.25, 0.3) is 4.85 Å². The third-order valence-corrected chi connectivity index (χ3v) is 1.88. The van der Waals surface area contributed by atoms with E-state index in [1.807, 2.05) is 0 Å². The van der Waals surface area contributed by atoms with Gasteiger partial charge in [0.05, 0.1) is 0 Å². The molecule has 2 heteroatoms. The summed E-state index contributed by atoms with van der Waals surface area (Å²) in [5.74, 6) is 0. The molecule has 0 spiro atoms. The summed E-state index contributed by atoms with van der Waals surface area (Å²) in [5, 5.41) is 0. The normalized spacial score (nSPS) is 28.2. The lowest BCUT2D eigenvalue weighted by atomic mass is 10.3. The molecule has 0 aliphatic carbocycles. The molecular formula is C7H12N2. The maximum Gasteiger partial charge on any atom is 0.279 e. The van der Waals surface area contributed by atoms with Crippen molar-refractivity contribution in [1.29, 1.82) is 0 Å². The lowest BCUT2D eigenvalue weighted by Crippen LogP contribution is -2.25. The number of nitrogens with zero attached hydrogens (tertiary/aromatic N) is 2. The van der Waals surface area contributed by atoms with E-state index in [1.165, 1.54) is 6.42 Å². The van der Waals surface area contributed by atoms with Gasteiger partial charge in [0.15, 0.2) is 0 Å². The van der Waals surface area contributed by atoms with Crippen LogP contribution in [0.4, 0.5) is 0 Å². The predicted molar refractivity (Wildman–Crippen MR) is 36.9 cm³/mol. The zero-order chi connectivity index (χ0) is 6.69. The minimum Gasteiger partial charge on any atom is -0.296 e. The van der Waals surface area contributed by atoms with Crippen LogP contribution in [-0.4, -0.2) is 24.2 Å². The van der Waals surface area contributed by atoms with Crippen LogP contribution < -0.4 is 0 Å². The van der Waals surface area contributed by atoms with Crippen molar-refractivity contribution in [3.05, 3.63) is 11.4 Å². The molecule has 0 saturated carbocycles. The molecule has 0 amide bonds. The summed E-state index contributed by atoms with van der Waals surface area (Å²) in [6, 6.07) is 0. The lowest BCUT2D eigenvalue weighted by molar-refractivity contribution is 0.304. The molecule has 1 fully saturated rings. The SMILES string of the molecule is [C-]#[N+]C1CCCN1CC. The van der Waals surface area contributed by atoms with E-state index in [-0.39, 0.29) is 6.17 Å². The molecule has 1 aliphatic rings. The maximum atomic E-state index is 6.82. The van der Waals surface area contributed by atoms with Gasteiger partial charge >= 0.3 is 0 Å². The van der Waals surface area contributed by atoms with Crippen molar-refractivity contribution in [2.24, 2.45) is 0 Å². The van der Waals surface area contributed by atoms with Gasteiger partial charge in [0, 0.05) is 19.5 Å². The fourth-order valence-corrected chi connectivity index (χ4v) is 1.32. The molecule has 1 aliphatic heterocycles. The van der Waals surface area contributed by atoms with Crippen molar-refractivity contribution in [3.8, 4) is 0 Å². The molecule has 1 unspecified atom stereocenters. The van der Waals surface area contributed by atoms with E-state index in [1.54, 1.807) is 0 Å². The highest BCUT2D eigenvalue weighted by molar-refractivity contribution is 4.84. The van der Waals surface area contributed by atoms with Crippen LogP contribution >= 0.6 is 0 Å². The molecule has 0 aromatic rings. The minimum absolute atomic E-state index is 0.204. The Balaban J connectivity index is 2.44. The van der Waals surface area contributed by atoms with Gasteiger partial charge in [0.2, 0.25) is 0 Å². The highest BCUT2D eigenvalue weighted by Gasteiger charge is 2.26. The summed E-state index contributed by atoms with van der Waals surface area (Å²) >= 11 is 0. The minimum atomic E-state index is 0.204. The first-order valence-electron chi connectivity index (χ1n) is 3.49. The zero-order valence-corrected chi connectivity index (χ0v) is 5.80. The van der Waals surface area contributed by atoms with Gasteiger partial charge in [-0.25, -0.2) is 11.5 Å². The molecule has 1 heterocycles. The molecule has 1 atom stereocenters. The van der Waals surface area contributed by atoms with Gasteiger partial charge in [-0.3, -0.25) is 4.85 Å². The average molecular weight is 124 g/mol. The van der Waals surface area contributed by atoms with Crippen LogP contribution in [-0.2, 0) is 0 Å². The van der Waals surface area contributed by atoms with Gasteiger partial charge in [-0.15, -0.1) is 0 Å². The summed E-state index contributed by atoms with van der Waals surface area (Å²) < 4.78 is 0. The number of hydrogen-bond acceptors (Lipinski definition) is 1. The quantitative estimate of drug-likeness (QED) is 0.479. The van der Waals surface area contributed by atoms with Crippen molar-refractivity contribution < 1.29 is 0 Å². The number of hydrogen-bond donors (Lipinski definition) is 0. The molecule has 0 N–H and O–H groups in total. The monoisotopic (exact) mass is 124 g/mol. The molecule has 0 aromatic carbocycles. The standard InChI is InChI=1S/C7H12N2/c1-3-9-6-4-5-7(9)8-2/h7H,3-6H2,1H3. The van der Waals surface area contributed by atoms with Gasteiger partial charge in [-0.1, -0.05) is 6.92 Å². The Bertz CT molecular complexity index is 125. The fourth-order valence-electron chi connectivity index (χ4n) is 1.32. The largest absolute Gasteiger partial charge is 0.296 e. The summed E-state index contributed by atoms with van der Waals surface area (Å²) in [4.78, 5) is 5.74. The molecule has 9 heavy (non-hydrogen) atoms. The number of likely N-dealkylation sites (tertiary alicyclic amines) is 1. The molecule has 0 bridgehead atoms. The summed E-state index contributed by atoms with van der Waals surface area (Å²) in [5.41, 5.74) is 0. The molecular weight excluding hydrogens is 112 g/mol. The molecule has 0 aromatic heterocycles. The Morgan fingerprint density at radius 1 is 1.78 bits per heavy atom. The van der Waals surface area contributed by atoms with E-state index >= 15 is 0 Å². The predicted octanol–water partition coefficient (Wildman–Crippen LogP) is 1.35. The summed E-state index contributed by atoms with van der Waals surface area (Å²) in [6.45, 7) is 11.1. The Morgan fingerprint density at radius 2 is 2.56 bits per heavy atom.